The SMILES string of the molecule is C=Cc1ccc(C(=O)OCC(=O)Oc2ccc([S+](c3ccccc3)c3ccccc3)cc2)cc1. The molecule has 0 atom stereocenters. The van der Waals surface area contributed by atoms with E-state index in [0.717, 1.165) is 10.5 Å². The molecule has 0 aliphatic carbocycles. The summed E-state index contributed by atoms with van der Waals surface area (Å²) >= 11 is 0. The first-order valence-electron chi connectivity index (χ1n) is 10.7. The summed E-state index contributed by atoms with van der Waals surface area (Å²) < 4.78 is 10.4. The van der Waals surface area contributed by atoms with Crippen LogP contribution >= 0.6 is 0 Å². The van der Waals surface area contributed by atoms with Gasteiger partial charge in [-0.3, -0.25) is 0 Å². The van der Waals surface area contributed by atoms with Crippen molar-refractivity contribution in [1.29, 1.82) is 0 Å². The minimum atomic E-state index is -0.645. The zero-order valence-corrected chi connectivity index (χ0v) is 19.2. The highest BCUT2D eigenvalue weighted by molar-refractivity contribution is 7.97. The first-order valence-corrected chi connectivity index (χ1v) is 11.9. The van der Waals surface area contributed by atoms with Gasteiger partial charge in [0.15, 0.2) is 21.3 Å². The Morgan fingerprint density at radius 1 is 0.706 bits per heavy atom. The maximum atomic E-state index is 12.2. The maximum absolute atomic E-state index is 12.2. The molecule has 4 rings (SSSR count). The van der Waals surface area contributed by atoms with E-state index in [4.69, 9.17) is 9.47 Å². The van der Waals surface area contributed by atoms with Crippen molar-refractivity contribution in [3.8, 4) is 5.75 Å². The van der Waals surface area contributed by atoms with Crippen molar-refractivity contribution in [2.24, 2.45) is 0 Å². The smallest absolute Gasteiger partial charge is 0.349 e. The van der Waals surface area contributed by atoms with E-state index in [0.29, 0.717) is 11.3 Å². The monoisotopic (exact) mass is 467 g/mol. The number of esters is 2. The molecule has 0 saturated carbocycles. The summed E-state index contributed by atoms with van der Waals surface area (Å²) in [5.41, 5.74) is 1.25. The average Bonchev–Trinajstić information content (AvgIpc) is 2.90. The van der Waals surface area contributed by atoms with E-state index in [-0.39, 0.29) is 10.9 Å². The highest BCUT2D eigenvalue weighted by Crippen LogP contribution is 2.31. The Balaban J connectivity index is 1.40. The molecule has 0 aliphatic rings. The minimum absolute atomic E-state index is 0.285. The number of ether oxygens (including phenoxy) is 2. The summed E-state index contributed by atoms with van der Waals surface area (Å²) in [4.78, 5) is 27.8. The average molecular weight is 468 g/mol. The second kappa shape index (κ2) is 11.2. The summed E-state index contributed by atoms with van der Waals surface area (Å²) in [7, 11) is -0.285. The van der Waals surface area contributed by atoms with Crippen LogP contribution in [0.25, 0.3) is 6.08 Å². The van der Waals surface area contributed by atoms with Crippen LogP contribution in [0.1, 0.15) is 15.9 Å². The Bertz CT molecular complexity index is 1210. The van der Waals surface area contributed by atoms with Crippen molar-refractivity contribution < 1.29 is 19.1 Å². The molecule has 0 fully saturated rings. The van der Waals surface area contributed by atoms with Crippen LogP contribution in [0, 0.1) is 0 Å². The lowest BCUT2D eigenvalue weighted by Gasteiger charge is -2.09. The molecule has 0 spiro atoms. The molecule has 0 aromatic heterocycles. The van der Waals surface area contributed by atoms with Gasteiger partial charge in [-0.15, -0.1) is 0 Å². The van der Waals surface area contributed by atoms with Crippen LogP contribution in [0.5, 0.6) is 5.75 Å². The number of hydrogen-bond acceptors (Lipinski definition) is 4. The Morgan fingerprint density at radius 2 is 1.24 bits per heavy atom. The van der Waals surface area contributed by atoms with E-state index in [9.17, 15) is 9.59 Å². The van der Waals surface area contributed by atoms with Gasteiger partial charge in [-0.05, 0) is 66.2 Å². The van der Waals surface area contributed by atoms with Crippen molar-refractivity contribution in [2.45, 2.75) is 14.7 Å². The van der Waals surface area contributed by atoms with Gasteiger partial charge in [-0.1, -0.05) is 61.2 Å². The fourth-order valence-electron chi connectivity index (χ4n) is 3.29. The summed E-state index contributed by atoms with van der Waals surface area (Å²) in [5.74, 6) is -0.837. The fraction of sp³-hybridized carbons (Fsp3) is 0.0345. The Labute approximate surface area is 201 Å². The molecule has 0 saturated heterocycles. The van der Waals surface area contributed by atoms with Crippen molar-refractivity contribution in [2.75, 3.05) is 6.61 Å². The summed E-state index contributed by atoms with van der Waals surface area (Å²) in [6.07, 6.45) is 1.68. The summed E-state index contributed by atoms with van der Waals surface area (Å²) in [6.45, 7) is 3.20. The molecule has 4 nitrogen and oxygen atoms in total. The molecule has 5 heteroatoms. The normalized spacial score (nSPS) is 10.5. The van der Waals surface area contributed by atoms with Gasteiger partial charge in [0.2, 0.25) is 0 Å². The van der Waals surface area contributed by atoms with Gasteiger partial charge in [-0.2, -0.15) is 0 Å². The largest absolute Gasteiger partial charge is 0.450 e. The predicted molar refractivity (Wildman–Crippen MR) is 134 cm³/mol. The molecule has 4 aromatic carbocycles. The molecule has 0 radical (unpaired) electrons. The number of carbonyl (C=O) groups is 2. The quantitative estimate of drug-likeness (QED) is 0.176. The standard InChI is InChI=1S/C29H23O4S/c1-2-22-13-15-23(16-14-22)29(31)32-21-28(30)33-24-17-19-27(20-18-24)34(25-9-5-3-6-10-25)26-11-7-4-8-12-26/h2-20H,1,21H2/q+1. The van der Waals surface area contributed by atoms with Gasteiger partial charge in [0.25, 0.3) is 0 Å². The van der Waals surface area contributed by atoms with Gasteiger partial charge in [-0.25, -0.2) is 9.59 Å². The highest BCUT2D eigenvalue weighted by Gasteiger charge is 2.28. The molecular formula is C29H23O4S+. The lowest BCUT2D eigenvalue weighted by atomic mass is 10.1. The molecule has 0 aliphatic heterocycles. The second-order valence-electron chi connectivity index (χ2n) is 7.28. The van der Waals surface area contributed by atoms with E-state index in [1.807, 2.05) is 48.5 Å². The predicted octanol–water partition coefficient (Wildman–Crippen LogP) is 6.19. The van der Waals surface area contributed by atoms with Crippen molar-refractivity contribution in [1.82, 2.24) is 0 Å². The van der Waals surface area contributed by atoms with E-state index in [1.54, 1.807) is 42.5 Å². The molecule has 34 heavy (non-hydrogen) atoms. The third-order valence-electron chi connectivity index (χ3n) is 4.95. The van der Waals surface area contributed by atoms with Crippen LogP contribution in [0.15, 0.2) is 130 Å². The third kappa shape index (κ3) is 5.82. The van der Waals surface area contributed by atoms with Crippen LogP contribution in [0.4, 0.5) is 0 Å². The maximum Gasteiger partial charge on any atom is 0.349 e. The van der Waals surface area contributed by atoms with Crippen LogP contribution in [-0.2, 0) is 20.4 Å². The molecule has 4 aromatic rings. The fourth-order valence-corrected chi connectivity index (χ4v) is 5.37. The number of benzene rings is 4. The molecule has 0 amide bonds. The van der Waals surface area contributed by atoms with Crippen molar-refractivity contribution >= 4 is 28.9 Å². The molecule has 0 heterocycles. The number of hydrogen-bond donors (Lipinski definition) is 0. The van der Waals surface area contributed by atoms with Crippen LogP contribution < -0.4 is 4.74 Å². The van der Waals surface area contributed by atoms with E-state index < -0.39 is 18.5 Å². The Morgan fingerprint density at radius 3 is 1.76 bits per heavy atom. The van der Waals surface area contributed by atoms with Crippen LogP contribution in [-0.4, -0.2) is 18.5 Å². The molecule has 168 valence electrons. The highest BCUT2D eigenvalue weighted by atomic mass is 32.2. The first-order chi connectivity index (χ1) is 16.6. The summed E-state index contributed by atoms with van der Waals surface area (Å²) in [6, 6.07) is 34.8. The lowest BCUT2D eigenvalue weighted by Crippen LogP contribution is -2.19. The van der Waals surface area contributed by atoms with E-state index in [2.05, 4.69) is 30.8 Å². The molecular weight excluding hydrogens is 444 g/mol. The molecule has 0 N–H and O–H groups in total. The lowest BCUT2D eigenvalue weighted by molar-refractivity contribution is -0.137. The summed E-state index contributed by atoms with van der Waals surface area (Å²) in [5, 5.41) is 0. The zero-order chi connectivity index (χ0) is 23.8. The zero-order valence-electron chi connectivity index (χ0n) is 18.4. The minimum Gasteiger partial charge on any atom is -0.450 e. The third-order valence-corrected chi connectivity index (χ3v) is 7.18. The Kier molecular flexibility index (Phi) is 7.58. The van der Waals surface area contributed by atoms with Crippen molar-refractivity contribution in [3.63, 3.8) is 0 Å². The number of carbonyl (C=O) groups excluding carboxylic acids is 2. The number of rotatable bonds is 8. The van der Waals surface area contributed by atoms with Gasteiger partial charge in [0.05, 0.1) is 16.5 Å². The molecule has 0 unspecified atom stereocenters. The van der Waals surface area contributed by atoms with Crippen LogP contribution in [0.2, 0.25) is 0 Å². The first kappa shape index (κ1) is 23.1. The van der Waals surface area contributed by atoms with E-state index in [1.165, 1.54) is 9.79 Å². The van der Waals surface area contributed by atoms with Gasteiger partial charge in [0.1, 0.15) is 5.75 Å². The van der Waals surface area contributed by atoms with Gasteiger partial charge >= 0.3 is 11.9 Å². The van der Waals surface area contributed by atoms with Crippen LogP contribution in [0.3, 0.4) is 0 Å². The van der Waals surface area contributed by atoms with E-state index >= 15 is 0 Å². The van der Waals surface area contributed by atoms with Gasteiger partial charge < -0.3 is 9.47 Å². The topological polar surface area (TPSA) is 52.6 Å². The Hall–Kier alpha value is -4.09. The van der Waals surface area contributed by atoms with Gasteiger partial charge in [0, 0.05) is 0 Å². The second-order valence-corrected chi connectivity index (χ2v) is 9.31. The van der Waals surface area contributed by atoms with Crippen molar-refractivity contribution in [3.05, 3.63) is 127 Å². The molecule has 0 bridgehead atoms.